The minimum atomic E-state index is -4.39. The van der Waals surface area contributed by atoms with Crippen LogP contribution in [0.4, 0.5) is 13.2 Å². The maximum absolute atomic E-state index is 12.4. The van der Waals surface area contributed by atoms with E-state index in [-0.39, 0.29) is 5.88 Å². The summed E-state index contributed by atoms with van der Waals surface area (Å²) < 4.78 is 41.9. The highest BCUT2D eigenvalue weighted by Gasteiger charge is 2.29. The van der Waals surface area contributed by atoms with Crippen LogP contribution < -0.4 is 10.1 Å². The summed E-state index contributed by atoms with van der Waals surface area (Å²) in [6.45, 7) is 2.91. The highest BCUT2D eigenvalue weighted by Crippen LogP contribution is 2.22. The van der Waals surface area contributed by atoms with Crippen molar-refractivity contribution < 1.29 is 17.9 Å². The molecule has 5 nitrogen and oxygen atoms in total. The third-order valence-corrected chi connectivity index (χ3v) is 5.14. The monoisotopic (exact) mass is 376 g/mol. The van der Waals surface area contributed by atoms with Gasteiger partial charge in [0.25, 0.3) is 0 Å². The Balaban J connectivity index is 1.97. The average molecular weight is 376 g/mol. The molecule has 0 aromatic carbocycles. The minimum Gasteiger partial charge on any atom is -0.468 e. The van der Waals surface area contributed by atoms with Gasteiger partial charge < -0.3 is 15.0 Å². The Labute approximate surface area is 150 Å². The first-order valence-corrected chi connectivity index (χ1v) is 9.18. The van der Waals surface area contributed by atoms with E-state index < -0.39 is 12.8 Å². The van der Waals surface area contributed by atoms with Crippen LogP contribution in [0.1, 0.15) is 18.9 Å². The van der Waals surface area contributed by atoms with Gasteiger partial charge in [-0.1, -0.05) is 13.0 Å². The fourth-order valence-corrected chi connectivity index (χ4v) is 3.68. The van der Waals surface area contributed by atoms with Crippen molar-refractivity contribution in [3.63, 3.8) is 0 Å². The molecule has 1 aliphatic rings. The van der Waals surface area contributed by atoms with Crippen molar-refractivity contribution in [2.75, 3.05) is 32.5 Å². The lowest BCUT2D eigenvalue weighted by Gasteiger charge is -2.34. The van der Waals surface area contributed by atoms with Gasteiger partial charge in [0.2, 0.25) is 5.88 Å². The molecule has 25 heavy (non-hydrogen) atoms. The van der Waals surface area contributed by atoms with E-state index in [9.17, 15) is 13.2 Å². The van der Waals surface area contributed by atoms with E-state index in [2.05, 4.69) is 27.1 Å². The standard InChI is InChI=1S/C16H23F3N4OS/c1-3-13-10-23(7-8-25-13)15(20-2)22-9-12-5-4-6-21-14(12)24-11-16(17,18)19/h4-6,13H,3,7-11H2,1-2H3,(H,20,22). The molecule has 1 N–H and O–H groups in total. The molecule has 0 spiro atoms. The van der Waals surface area contributed by atoms with Crippen molar-refractivity contribution >= 4 is 17.7 Å². The van der Waals surface area contributed by atoms with Crippen LogP contribution in [0.5, 0.6) is 5.88 Å². The minimum absolute atomic E-state index is 0.0107. The number of aliphatic imine (C=N–C) groups is 1. The van der Waals surface area contributed by atoms with Crippen LogP contribution in [-0.4, -0.2) is 59.8 Å². The van der Waals surface area contributed by atoms with Gasteiger partial charge in [0.15, 0.2) is 12.6 Å². The van der Waals surface area contributed by atoms with Crippen LogP contribution in [0.2, 0.25) is 0 Å². The van der Waals surface area contributed by atoms with Gasteiger partial charge in [0.1, 0.15) is 0 Å². The highest BCUT2D eigenvalue weighted by molar-refractivity contribution is 8.00. The Morgan fingerprint density at radius 1 is 1.52 bits per heavy atom. The SMILES string of the molecule is CCC1CN(C(=NC)NCc2cccnc2OCC(F)(F)F)CCS1. The molecule has 1 fully saturated rings. The maximum Gasteiger partial charge on any atom is 0.422 e. The topological polar surface area (TPSA) is 49.8 Å². The molecule has 1 aromatic heterocycles. The second kappa shape index (κ2) is 9.17. The normalized spacial score (nSPS) is 19.0. The number of rotatable bonds is 5. The molecule has 0 radical (unpaired) electrons. The Hall–Kier alpha value is -1.64. The van der Waals surface area contributed by atoms with Gasteiger partial charge in [-0.25, -0.2) is 4.98 Å². The summed E-state index contributed by atoms with van der Waals surface area (Å²) in [5, 5.41) is 3.77. The molecular formula is C16H23F3N4OS. The summed E-state index contributed by atoms with van der Waals surface area (Å²) in [6.07, 6.45) is -1.88. The molecule has 0 saturated carbocycles. The van der Waals surface area contributed by atoms with E-state index in [4.69, 9.17) is 4.74 Å². The second-order valence-electron chi connectivity index (χ2n) is 5.62. The van der Waals surface area contributed by atoms with Crippen LogP contribution in [0.25, 0.3) is 0 Å². The van der Waals surface area contributed by atoms with Crippen LogP contribution in [-0.2, 0) is 6.54 Å². The maximum atomic E-state index is 12.4. The zero-order valence-corrected chi connectivity index (χ0v) is 15.2. The third-order valence-electron chi connectivity index (χ3n) is 3.76. The molecular weight excluding hydrogens is 353 g/mol. The molecule has 0 bridgehead atoms. The number of hydrogen-bond acceptors (Lipinski definition) is 4. The van der Waals surface area contributed by atoms with E-state index in [0.29, 0.717) is 17.4 Å². The lowest BCUT2D eigenvalue weighted by Crippen LogP contribution is -2.47. The van der Waals surface area contributed by atoms with Gasteiger partial charge in [-0.3, -0.25) is 4.99 Å². The molecule has 140 valence electrons. The van der Waals surface area contributed by atoms with Gasteiger partial charge in [-0.15, -0.1) is 0 Å². The zero-order valence-electron chi connectivity index (χ0n) is 14.3. The fourth-order valence-electron chi connectivity index (χ4n) is 2.50. The molecule has 0 aliphatic carbocycles. The van der Waals surface area contributed by atoms with E-state index in [1.54, 1.807) is 19.2 Å². The van der Waals surface area contributed by atoms with Crippen LogP contribution in [0.15, 0.2) is 23.3 Å². The number of pyridine rings is 1. The van der Waals surface area contributed by atoms with Gasteiger partial charge in [0.05, 0.1) is 0 Å². The van der Waals surface area contributed by atoms with Crippen molar-refractivity contribution in [2.45, 2.75) is 31.3 Å². The third kappa shape index (κ3) is 6.30. The summed E-state index contributed by atoms with van der Waals surface area (Å²) >= 11 is 1.96. The number of aromatic nitrogens is 1. The largest absolute Gasteiger partial charge is 0.468 e. The summed E-state index contributed by atoms with van der Waals surface area (Å²) in [7, 11) is 1.70. The summed E-state index contributed by atoms with van der Waals surface area (Å²) in [5.74, 6) is 1.76. The van der Waals surface area contributed by atoms with Crippen LogP contribution >= 0.6 is 11.8 Å². The molecule has 9 heteroatoms. The smallest absolute Gasteiger partial charge is 0.422 e. The van der Waals surface area contributed by atoms with Crippen molar-refractivity contribution in [1.82, 2.24) is 15.2 Å². The summed E-state index contributed by atoms with van der Waals surface area (Å²) in [6, 6.07) is 3.37. The van der Waals surface area contributed by atoms with E-state index >= 15 is 0 Å². The van der Waals surface area contributed by atoms with Gasteiger partial charge >= 0.3 is 6.18 Å². The molecule has 1 aromatic rings. The second-order valence-corrected chi connectivity index (χ2v) is 7.03. The predicted octanol–water partition coefficient (Wildman–Crippen LogP) is 2.93. The molecule has 1 aliphatic heterocycles. The van der Waals surface area contributed by atoms with Crippen molar-refractivity contribution in [2.24, 2.45) is 4.99 Å². The first-order chi connectivity index (χ1) is 11.9. The van der Waals surface area contributed by atoms with Crippen molar-refractivity contribution in [3.05, 3.63) is 23.9 Å². The number of halogens is 3. The highest BCUT2D eigenvalue weighted by atomic mass is 32.2. The van der Waals surface area contributed by atoms with Crippen LogP contribution in [0, 0.1) is 0 Å². The Bertz CT molecular complexity index is 583. The molecule has 1 unspecified atom stereocenters. The number of thioether (sulfide) groups is 1. The Morgan fingerprint density at radius 2 is 2.32 bits per heavy atom. The number of alkyl halides is 3. The van der Waals surface area contributed by atoms with Crippen LogP contribution in [0.3, 0.4) is 0 Å². The van der Waals surface area contributed by atoms with Gasteiger partial charge in [0, 0.05) is 49.4 Å². The molecule has 0 amide bonds. The number of nitrogens with one attached hydrogen (secondary N) is 1. The zero-order chi connectivity index (χ0) is 18.3. The molecule has 1 atom stereocenters. The van der Waals surface area contributed by atoms with Crippen molar-refractivity contribution in [3.8, 4) is 5.88 Å². The number of guanidine groups is 1. The number of nitrogens with zero attached hydrogens (tertiary/aromatic N) is 3. The van der Waals surface area contributed by atoms with E-state index in [1.807, 2.05) is 11.8 Å². The average Bonchev–Trinajstić information content (AvgIpc) is 2.61. The fraction of sp³-hybridized carbons (Fsp3) is 0.625. The molecule has 1 saturated heterocycles. The number of ether oxygens (including phenoxy) is 1. The predicted molar refractivity (Wildman–Crippen MR) is 94.1 cm³/mol. The van der Waals surface area contributed by atoms with Gasteiger partial charge in [-0.05, 0) is 12.5 Å². The first kappa shape index (κ1) is 19.7. The molecule has 2 rings (SSSR count). The lowest BCUT2D eigenvalue weighted by atomic mass is 10.2. The quantitative estimate of drug-likeness (QED) is 0.633. The van der Waals surface area contributed by atoms with E-state index in [0.717, 1.165) is 31.2 Å². The number of hydrogen-bond donors (Lipinski definition) is 1. The lowest BCUT2D eigenvalue weighted by molar-refractivity contribution is -0.154. The summed E-state index contributed by atoms with van der Waals surface area (Å²) in [5.41, 5.74) is 0.561. The Kier molecular flexibility index (Phi) is 7.22. The summed E-state index contributed by atoms with van der Waals surface area (Å²) in [4.78, 5) is 10.4. The van der Waals surface area contributed by atoms with E-state index in [1.165, 1.54) is 6.20 Å². The Morgan fingerprint density at radius 3 is 3.00 bits per heavy atom. The van der Waals surface area contributed by atoms with Gasteiger partial charge in [-0.2, -0.15) is 24.9 Å². The molecule has 2 heterocycles. The first-order valence-electron chi connectivity index (χ1n) is 8.13. The van der Waals surface area contributed by atoms with Crippen molar-refractivity contribution in [1.29, 1.82) is 0 Å².